The molecule has 0 spiro atoms. The normalized spacial score (nSPS) is 27.6. The number of ether oxygens (including phenoxy) is 1. The summed E-state index contributed by atoms with van der Waals surface area (Å²) in [4.78, 5) is 26.1. The molecule has 2 bridgehead atoms. The molecular weight excluding hydrogens is 386 g/mol. The third-order valence-corrected chi connectivity index (χ3v) is 6.58. The van der Waals surface area contributed by atoms with Gasteiger partial charge in [-0.3, -0.25) is 14.7 Å². The van der Waals surface area contributed by atoms with E-state index in [1.807, 2.05) is 6.07 Å². The number of aromatic amines is 1. The van der Waals surface area contributed by atoms with Crippen molar-refractivity contribution in [3.05, 3.63) is 23.9 Å². The first-order chi connectivity index (χ1) is 14.6. The van der Waals surface area contributed by atoms with Gasteiger partial charge in [-0.15, -0.1) is 0 Å². The first-order valence-corrected chi connectivity index (χ1v) is 10.5. The number of rotatable bonds is 4. The highest BCUT2D eigenvalue weighted by molar-refractivity contribution is 6.05. The zero-order chi connectivity index (χ0) is 21.1. The van der Waals surface area contributed by atoms with Gasteiger partial charge in [-0.1, -0.05) is 0 Å². The molecule has 30 heavy (non-hydrogen) atoms. The van der Waals surface area contributed by atoms with Crippen molar-refractivity contribution in [2.75, 3.05) is 44.7 Å². The van der Waals surface area contributed by atoms with Crippen molar-refractivity contribution >= 4 is 29.0 Å². The number of H-pyrrole nitrogens is 1. The summed E-state index contributed by atoms with van der Waals surface area (Å²) >= 11 is 0. The Labute approximate surface area is 175 Å². The average molecular weight is 415 g/mol. The Morgan fingerprint density at radius 1 is 1.27 bits per heavy atom. The predicted molar refractivity (Wildman–Crippen MR) is 113 cm³/mol. The van der Waals surface area contributed by atoms with Crippen LogP contribution in [0.3, 0.4) is 0 Å². The molecule has 2 aromatic rings. The number of benzene rings is 1. The maximum atomic E-state index is 12.9. The number of nitrogens with one attached hydrogen (secondary N) is 2. The van der Waals surface area contributed by atoms with Crippen molar-refractivity contribution in [3.8, 4) is 0 Å². The molecule has 9 nitrogen and oxygen atoms in total. The molecule has 4 saturated heterocycles. The predicted octanol–water partition coefficient (Wildman–Crippen LogP) is 1.31. The minimum absolute atomic E-state index is 0.0617. The van der Waals surface area contributed by atoms with Crippen LogP contribution in [0.5, 0.6) is 0 Å². The highest BCUT2D eigenvalue weighted by Crippen LogP contribution is 2.29. The van der Waals surface area contributed by atoms with Crippen molar-refractivity contribution in [2.24, 2.45) is 5.92 Å². The summed E-state index contributed by atoms with van der Waals surface area (Å²) in [5, 5.41) is 18.4. The number of anilines is 1. The highest BCUT2D eigenvalue weighted by atomic mass is 16.5. The lowest BCUT2D eigenvalue weighted by Gasteiger charge is -2.44. The Hall–Kier alpha value is -2.65. The van der Waals surface area contributed by atoms with E-state index in [1.165, 1.54) is 25.9 Å². The van der Waals surface area contributed by atoms with Crippen LogP contribution in [0.4, 0.5) is 5.69 Å². The number of carboxylic acid groups (broad SMARTS) is 1. The van der Waals surface area contributed by atoms with Gasteiger partial charge >= 0.3 is 0 Å². The molecule has 1 aromatic carbocycles. The van der Waals surface area contributed by atoms with Crippen LogP contribution < -0.4 is 10.2 Å². The molecular formula is C21H29N5O4. The quantitative estimate of drug-likeness (QED) is 0.646. The summed E-state index contributed by atoms with van der Waals surface area (Å²) in [5.74, 6) is 0.545. The van der Waals surface area contributed by atoms with Gasteiger partial charge < -0.3 is 25.0 Å². The van der Waals surface area contributed by atoms with Crippen LogP contribution in [-0.4, -0.2) is 84.6 Å². The SMILES string of the molecule is COC1CCN(c2ccc3[nH]nc(C(=O)N[C@@H]4CN5CCC4CC5)c3c2)C1.O=CO. The molecule has 4 aliphatic heterocycles. The van der Waals surface area contributed by atoms with Gasteiger partial charge in [0.25, 0.3) is 12.4 Å². The van der Waals surface area contributed by atoms with Crippen molar-refractivity contribution in [2.45, 2.75) is 31.4 Å². The summed E-state index contributed by atoms with van der Waals surface area (Å²) in [6.45, 7) is 4.92. The minimum atomic E-state index is -0.250. The van der Waals surface area contributed by atoms with Crippen molar-refractivity contribution < 1.29 is 19.4 Å². The van der Waals surface area contributed by atoms with E-state index in [9.17, 15) is 4.79 Å². The van der Waals surface area contributed by atoms with E-state index in [0.717, 1.165) is 42.6 Å². The minimum Gasteiger partial charge on any atom is -0.483 e. The molecule has 5 heterocycles. The smallest absolute Gasteiger partial charge is 0.290 e. The van der Waals surface area contributed by atoms with E-state index in [1.54, 1.807) is 7.11 Å². The molecule has 2 atom stereocenters. The van der Waals surface area contributed by atoms with Gasteiger partial charge in [0.1, 0.15) is 0 Å². The van der Waals surface area contributed by atoms with E-state index in [2.05, 4.69) is 37.4 Å². The van der Waals surface area contributed by atoms with E-state index in [-0.39, 0.29) is 24.5 Å². The molecule has 6 rings (SSSR count). The van der Waals surface area contributed by atoms with Crippen LogP contribution in [0, 0.1) is 5.92 Å². The molecule has 1 aromatic heterocycles. The zero-order valence-electron chi connectivity index (χ0n) is 17.2. The monoisotopic (exact) mass is 415 g/mol. The molecule has 0 radical (unpaired) electrons. The lowest BCUT2D eigenvalue weighted by Crippen LogP contribution is -2.57. The Bertz CT molecular complexity index is 893. The molecule has 1 unspecified atom stereocenters. The van der Waals surface area contributed by atoms with Gasteiger partial charge in [-0.2, -0.15) is 5.10 Å². The van der Waals surface area contributed by atoms with E-state index in [0.29, 0.717) is 11.6 Å². The van der Waals surface area contributed by atoms with E-state index < -0.39 is 0 Å². The Kier molecular flexibility index (Phi) is 6.19. The number of amides is 1. The zero-order valence-corrected chi connectivity index (χ0v) is 17.2. The number of piperidine rings is 3. The maximum absolute atomic E-state index is 12.9. The van der Waals surface area contributed by atoms with Gasteiger partial charge in [0.05, 0.1) is 11.6 Å². The number of carbonyl (C=O) groups is 2. The second-order valence-electron chi connectivity index (χ2n) is 8.22. The van der Waals surface area contributed by atoms with Crippen LogP contribution in [0.1, 0.15) is 29.8 Å². The van der Waals surface area contributed by atoms with Gasteiger partial charge in [0, 0.05) is 43.9 Å². The fourth-order valence-electron chi connectivity index (χ4n) is 4.89. The lowest BCUT2D eigenvalue weighted by atomic mass is 9.84. The molecule has 0 aliphatic carbocycles. The fraction of sp³-hybridized carbons (Fsp3) is 0.571. The Morgan fingerprint density at radius 2 is 2.03 bits per heavy atom. The van der Waals surface area contributed by atoms with Crippen LogP contribution in [0.2, 0.25) is 0 Å². The number of methoxy groups -OCH3 is 1. The summed E-state index contributed by atoms with van der Waals surface area (Å²) < 4.78 is 5.48. The van der Waals surface area contributed by atoms with Crippen LogP contribution in [-0.2, 0) is 9.53 Å². The van der Waals surface area contributed by atoms with Crippen molar-refractivity contribution in [3.63, 3.8) is 0 Å². The Balaban J connectivity index is 0.000000687. The molecule has 1 amide bonds. The standard InChI is InChI=1S/C20H27N5O2.CH2O2/c1-27-15-6-9-25(11-15)14-2-3-17-16(10-14)19(23-22-17)20(26)21-18-12-24-7-4-13(18)5-8-24;2-1-3/h2-3,10,13,15,18H,4-9,11-12H2,1H3,(H,21,26)(H,22,23);1H,(H,2,3)/t15?,18-;/m1./s1. The fourth-order valence-corrected chi connectivity index (χ4v) is 4.89. The summed E-state index contributed by atoms with van der Waals surface area (Å²) in [6.07, 6.45) is 3.69. The lowest BCUT2D eigenvalue weighted by molar-refractivity contribution is -0.122. The average Bonchev–Trinajstić information content (AvgIpc) is 3.42. The Morgan fingerprint density at radius 3 is 2.67 bits per heavy atom. The maximum Gasteiger partial charge on any atom is 0.290 e. The topological polar surface area (TPSA) is 111 Å². The van der Waals surface area contributed by atoms with Gasteiger partial charge in [0.15, 0.2) is 5.69 Å². The molecule has 4 aliphatic rings. The van der Waals surface area contributed by atoms with Gasteiger partial charge in [0.2, 0.25) is 0 Å². The molecule has 3 N–H and O–H groups in total. The third-order valence-electron chi connectivity index (χ3n) is 6.58. The molecule has 0 saturated carbocycles. The third kappa shape index (κ3) is 4.13. The first-order valence-electron chi connectivity index (χ1n) is 10.5. The van der Waals surface area contributed by atoms with E-state index >= 15 is 0 Å². The second kappa shape index (κ2) is 9.01. The van der Waals surface area contributed by atoms with Crippen LogP contribution in [0.15, 0.2) is 18.2 Å². The number of hydrogen-bond acceptors (Lipinski definition) is 6. The largest absolute Gasteiger partial charge is 0.483 e. The number of carbonyl (C=O) groups excluding carboxylic acids is 1. The molecule has 4 fully saturated rings. The summed E-state index contributed by atoms with van der Waals surface area (Å²) in [7, 11) is 1.77. The van der Waals surface area contributed by atoms with Gasteiger partial charge in [-0.25, -0.2) is 0 Å². The van der Waals surface area contributed by atoms with Gasteiger partial charge in [-0.05, 0) is 56.5 Å². The molecule has 9 heteroatoms. The summed E-state index contributed by atoms with van der Waals surface area (Å²) in [6, 6.07) is 6.44. The van der Waals surface area contributed by atoms with E-state index in [4.69, 9.17) is 14.6 Å². The first kappa shape index (κ1) is 20.6. The second-order valence-corrected chi connectivity index (χ2v) is 8.22. The number of nitrogens with zero attached hydrogens (tertiary/aromatic N) is 3. The highest BCUT2D eigenvalue weighted by Gasteiger charge is 2.35. The van der Waals surface area contributed by atoms with Crippen LogP contribution >= 0.6 is 0 Å². The number of aromatic nitrogens is 2. The van der Waals surface area contributed by atoms with Crippen molar-refractivity contribution in [1.29, 1.82) is 0 Å². The summed E-state index contributed by atoms with van der Waals surface area (Å²) in [5.41, 5.74) is 2.53. The van der Waals surface area contributed by atoms with Crippen molar-refractivity contribution in [1.82, 2.24) is 20.4 Å². The molecule has 162 valence electrons. The number of fused-ring (bicyclic) bond motifs is 4. The van der Waals surface area contributed by atoms with Crippen LogP contribution in [0.25, 0.3) is 10.9 Å². The number of hydrogen-bond donors (Lipinski definition) is 3.